The molecule has 5 rings (SSSR count). The lowest BCUT2D eigenvalue weighted by molar-refractivity contribution is 0.301. The van der Waals surface area contributed by atoms with Crippen LogP contribution in [0.15, 0.2) is 65.9 Å². The highest BCUT2D eigenvalue weighted by Crippen LogP contribution is 2.39. The Balaban J connectivity index is 1.49. The van der Waals surface area contributed by atoms with Crippen molar-refractivity contribution in [1.82, 2.24) is 14.9 Å². The second-order valence-electron chi connectivity index (χ2n) is 8.86. The van der Waals surface area contributed by atoms with Crippen molar-refractivity contribution < 1.29 is 9.47 Å². The summed E-state index contributed by atoms with van der Waals surface area (Å²) >= 11 is 6.54. The van der Waals surface area contributed by atoms with Crippen LogP contribution in [0.4, 0.5) is 17.1 Å². The molecule has 1 aliphatic rings. The summed E-state index contributed by atoms with van der Waals surface area (Å²) in [7, 11) is 2.04. The number of rotatable bonds is 8. The van der Waals surface area contributed by atoms with Crippen LogP contribution in [-0.4, -0.2) is 40.9 Å². The first-order chi connectivity index (χ1) is 18.6. The third-order valence-corrected chi connectivity index (χ3v) is 6.55. The summed E-state index contributed by atoms with van der Waals surface area (Å²) in [5.41, 5.74) is 3.95. The number of aliphatic imine (C=N–C) groups is 1. The molecular weight excluding hydrogens is 500 g/mol. The molecule has 4 aromatic rings. The molecule has 0 amide bonds. The number of pyridine rings is 2. The van der Waals surface area contributed by atoms with Crippen molar-refractivity contribution in [1.29, 1.82) is 5.26 Å². The van der Waals surface area contributed by atoms with Gasteiger partial charge in [-0.15, -0.1) is 0 Å². The topological polar surface area (TPSA) is 95.7 Å². The van der Waals surface area contributed by atoms with Gasteiger partial charge >= 0.3 is 0 Å². The van der Waals surface area contributed by atoms with Crippen LogP contribution in [0.3, 0.4) is 0 Å². The molecule has 1 saturated heterocycles. The molecule has 0 spiro atoms. The van der Waals surface area contributed by atoms with E-state index in [1.807, 2.05) is 50.4 Å². The maximum absolute atomic E-state index is 9.86. The lowest BCUT2D eigenvalue weighted by Gasteiger charge is -2.16. The van der Waals surface area contributed by atoms with Gasteiger partial charge in [-0.1, -0.05) is 17.7 Å². The Hall–Kier alpha value is -4.35. The van der Waals surface area contributed by atoms with Crippen molar-refractivity contribution in [2.45, 2.75) is 26.4 Å². The van der Waals surface area contributed by atoms with Crippen LogP contribution < -0.4 is 14.8 Å². The van der Waals surface area contributed by atoms with Crippen molar-refractivity contribution in [2.24, 2.45) is 4.99 Å². The average molecular weight is 527 g/mol. The number of nitrogens with one attached hydrogen (secondary N) is 1. The highest BCUT2D eigenvalue weighted by Gasteiger charge is 2.18. The molecule has 1 aliphatic heterocycles. The summed E-state index contributed by atoms with van der Waals surface area (Å²) in [6, 6.07) is 17.1. The molecular formula is C29H27ClN6O2. The van der Waals surface area contributed by atoms with E-state index in [2.05, 4.69) is 26.3 Å². The summed E-state index contributed by atoms with van der Waals surface area (Å²) in [5, 5.41) is 14.4. The first kappa shape index (κ1) is 25.3. The maximum Gasteiger partial charge on any atom is 0.147 e. The van der Waals surface area contributed by atoms with Gasteiger partial charge in [0.05, 0.1) is 34.1 Å². The smallest absolute Gasteiger partial charge is 0.147 e. The molecule has 0 aliphatic carbocycles. The van der Waals surface area contributed by atoms with Crippen LogP contribution in [0.1, 0.15) is 31.0 Å². The SMILES string of the molecule is CCOc1cc2ncc(C#N)c(Nc3ccc(OCc4ccccn4)c(Cl)c3)c2cc1N=C1CCCN1C. The van der Waals surface area contributed by atoms with E-state index >= 15 is 0 Å². The zero-order chi connectivity index (χ0) is 26.5. The minimum Gasteiger partial charge on any atom is -0.492 e. The first-order valence-electron chi connectivity index (χ1n) is 12.4. The third kappa shape index (κ3) is 5.48. The number of hydrogen-bond donors (Lipinski definition) is 1. The number of ether oxygens (including phenoxy) is 2. The summed E-state index contributed by atoms with van der Waals surface area (Å²) in [5.74, 6) is 2.22. The van der Waals surface area contributed by atoms with Crippen LogP contribution in [0.5, 0.6) is 11.5 Å². The molecule has 0 saturated carbocycles. The molecule has 2 aromatic heterocycles. The Labute approximate surface area is 226 Å². The number of aromatic nitrogens is 2. The molecule has 1 N–H and O–H groups in total. The Morgan fingerprint density at radius 2 is 2.03 bits per heavy atom. The molecule has 0 radical (unpaired) electrons. The molecule has 8 nitrogen and oxygen atoms in total. The van der Waals surface area contributed by atoms with E-state index in [4.69, 9.17) is 26.1 Å². The van der Waals surface area contributed by atoms with Crippen molar-refractivity contribution in [3.05, 3.63) is 77.2 Å². The van der Waals surface area contributed by atoms with Crippen LogP contribution in [-0.2, 0) is 6.61 Å². The molecule has 0 atom stereocenters. The van der Waals surface area contributed by atoms with Gasteiger partial charge in [0.15, 0.2) is 0 Å². The second kappa shape index (κ2) is 11.4. The Kier molecular flexibility index (Phi) is 7.57. The van der Waals surface area contributed by atoms with Gasteiger partial charge in [-0.3, -0.25) is 9.97 Å². The Morgan fingerprint density at radius 3 is 2.74 bits per heavy atom. The molecule has 0 bridgehead atoms. The number of anilines is 2. The summed E-state index contributed by atoms with van der Waals surface area (Å²) in [6.07, 6.45) is 5.26. The number of likely N-dealkylation sites (tertiary alicyclic amines) is 1. The molecule has 1 fully saturated rings. The van der Waals surface area contributed by atoms with Crippen LogP contribution in [0.2, 0.25) is 5.02 Å². The maximum atomic E-state index is 9.86. The fourth-order valence-electron chi connectivity index (χ4n) is 4.34. The number of nitriles is 1. The van der Waals surface area contributed by atoms with Crippen LogP contribution >= 0.6 is 11.6 Å². The highest BCUT2D eigenvalue weighted by molar-refractivity contribution is 6.32. The Bertz CT molecular complexity index is 1530. The van der Waals surface area contributed by atoms with Gasteiger partial charge < -0.3 is 19.7 Å². The van der Waals surface area contributed by atoms with Gasteiger partial charge in [-0.25, -0.2) is 4.99 Å². The predicted octanol–water partition coefficient (Wildman–Crippen LogP) is 6.63. The van der Waals surface area contributed by atoms with E-state index in [-0.39, 0.29) is 0 Å². The van der Waals surface area contributed by atoms with Gasteiger partial charge in [-0.2, -0.15) is 5.26 Å². The number of amidine groups is 1. The van der Waals surface area contributed by atoms with E-state index in [1.165, 1.54) is 0 Å². The lowest BCUT2D eigenvalue weighted by Crippen LogP contribution is -2.18. The molecule has 2 aromatic carbocycles. The van der Waals surface area contributed by atoms with Crippen molar-refractivity contribution in [2.75, 3.05) is 25.5 Å². The lowest BCUT2D eigenvalue weighted by atomic mass is 10.1. The second-order valence-corrected chi connectivity index (χ2v) is 9.27. The minimum atomic E-state index is 0.309. The molecule has 0 unspecified atom stereocenters. The zero-order valence-corrected chi connectivity index (χ0v) is 22.0. The van der Waals surface area contributed by atoms with E-state index in [0.29, 0.717) is 57.9 Å². The fourth-order valence-corrected chi connectivity index (χ4v) is 4.57. The minimum absolute atomic E-state index is 0.309. The van der Waals surface area contributed by atoms with Crippen molar-refractivity contribution in [3.63, 3.8) is 0 Å². The standard InChI is InChI=1S/C29H27ClN6O2/c1-3-37-27-15-24-22(14-25(27)35-28-8-6-12-36(28)2)29(19(16-31)17-33-24)34-20-9-10-26(23(30)13-20)38-18-21-7-4-5-11-32-21/h4-5,7,9-11,13-15,17H,3,6,8,12,18H2,1-2H3,(H,33,34). The quantitative estimate of drug-likeness (QED) is 0.275. The number of hydrogen-bond acceptors (Lipinski definition) is 7. The average Bonchev–Trinajstić information content (AvgIpc) is 3.33. The Morgan fingerprint density at radius 1 is 1.13 bits per heavy atom. The molecule has 3 heterocycles. The van der Waals surface area contributed by atoms with E-state index in [1.54, 1.807) is 24.5 Å². The largest absolute Gasteiger partial charge is 0.492 e. The van der Waals surface area contributed by atoms with Crippen LogP contribution in [0, 0.1) is 11.3 Å². The molecule has 192 valence electrons. The van der Waals surface area contributed by atoms with E-state index < -0.39 is 0 Å². The highest BCUT2D eigenvalue weighted by atomic mass is 35.5. The van der Waals surface area contributed by atoms with Crippen molar-refractivity contribution in [3.8, 4) is 17.6 Å². The third-order valence-electron chi connectivity index (χ3n) is 6.26. The fraction of sp³-hybridized carbons (Fsp3) is 0.241. The van der Waals surface area contributed by atoms with Crippen molar-refractivity contribution >= 4 is 45.4 Å². The number of nitrogens with zero attached hydrogens (tertiary/aromatic N) is 5. The summed E-state index contributed by atoms with van der Waals surface area (Å²) in [6.45, 7) is 3.73. The zero-order valence-electron chi connectivity index (χ0n) is 21.2. The number of benzene rings is 2. The van der Waals surface area contributed by atoms with Gasteiger partial charge in [0.2, 0.25) is 0 Å². The van der Waals surface area contributed by atoms with Gasteiger partial charge in [0.1, 0.15) is 35.7 Å². The first-order valence-corrected chi connectivity index (χ1v) is 12.8. The predicted molar refractivity (Wildman–Crippen MR) is 150 cm³/mol. The normalized spacial score (nSPS) is 14.1. The van der Waals surface area contributed by atoms with E-state index in [9.17, 15) is 5.26 Å². The van der Waals surface area contributed by atoms with Gasteiger partial charge in [-0.05, 0) is 49.7 Å². The van der Waals surface area contributed by atoms with Gasteiger partial charge in [0.25, 0.3) is 0 Å². The molecule has 9 heteroatoms. The van der Waals surface area contributed by atoms with Crippen LogP contribution in [0.25, 0.3) is 10.9 Å². The number of halogens is 1. The van der Waals surface area contributed by atoms with E-state index in [0.717, 1.165) is 36.3 Å². The summed E-state index contributed by atoms with van der Waals surface area (Å²) in [4.78, 5) is 15.9. The van der Waals surface area contributed by atoms with Gasteiger partial charge in [0, 0.05) is 49.5 Å². The monoisotopic (exact) mass is 526 g/mol. The summed E-state index contributed by atoms with van der Waals surface area (Å²) < 4.78 is 11.8. The molecule has 38 heavy (non-hydrogen) atoms. The number of fused-ring (bicyclic) bond motifs is 1.